The van der Waals surface area contributed by atoms with Gasteiger partial charge in [-0.05, 0) is 28.5 Å². The molecular formula is C26H17N3S. The Morgan fingerprint density at radius 2 is 1.60 bits per heavy atom. The van der Waals surface area contributed by atoms with Gasteiger partial charge in [-0.15, -0.1) is 11.8 Å². The Morgan fingerprint density at radius 1 is 0.800 bits per heavy atom. The van der Waals surface area contributed by atoms with E-state index < -0.39 is 0 Å². The average Bonchev–Trinajstić information content (AvgIpc) is 3.35. The molecule has 7 rings (SSSR count). The highest BCUT2D eigenvalue weighted by Crippen LogP contribution is 2.55. The molecule has 1 aliphatic carbocycles. The molecule has 0 radical (unpaired) electrons. The highest BCUT2D eigenvalue weighted by Gasteiger charge is 2.40. The van der Waals surface area contributed by atoms with Crippen LogP contribution < -0.4 is 0 Å². The van der Waals surface area contributed by atoms with Crippen LogP contribution in [0.5, 0.6) is 0 Å². The van der Waals surface area contributed by atoms with Crippen LogP contribution in [0.25, 0.3) is 33.7 Å². The molecule has 30 heavy (non-hydrogen) atoms. The van der Waals surface area contributed by atoms with Gasteiger partial charge in [0.25, 0.3) is 0 Å². The molecule has 2 unspecified atom stereocenters. The lowest BCUT2D eigenvalue weighted by Gasteiger charge is -2.24. The SMILES string of the molecule is C1=CC2Sc3c(ccc4ccccc34)C2c2c1c1ccccc1n2-c1ncccn1. The molecule has 0 bridgehead atoms. The van der Waals surface area contributed by atoms with E-state index in [9.17, 15) is 0 Å². The van der Waals surface area contributed by atoms with E-state index in [1.165, 1.54) is 43.4 Å². The van der Waals surface area contributed by atoms with Crippen molar-refractivity contribution >= 4 is 39.5 Å². The van der Waals surface area contributed by atoms with Crippen molar-refractivity contribution in [1.82, 2.24) is 14.5 Å². The molecule has 0 amide bonds. The first kappa shape index (κ1) is 16.4. The fraction of sp³-hybridized carbons (Fsp3) is 0.0769. The van der Waals surface area contributed by atoms with E-state index in [0.29, 0.717) is 5.25 Å². The number of para-hydroxylation sites is 1. The number of thioether (sulfide) groups is 1. The molecule has 1 aliphatic heterocycles. The summed E-state index contributed by atoms with van der Waals surface area (Å²) >= 11 is 1.99. The van der Waals surface area contributed by atoms with Gasteiger partial charge >= 0.3 is 0 Å². The summed E-state index contributed by atoms with van der Waals surface area (Å²) in [5, 5.41) is 4.29. The minimum atomic E-state index is 0.283. The van der Waals surface area contributed by atoms with Gasteiger partial charge in [0.1, 0.15) is 0 Å². The maximum atomic E-state index is 4.62. The number of nitrogens with zero attached hydrogens (tertiary/aromatic N) is 3. The van der Waals surface area contributed by atoms with Gasteiger partial charge in [0.05, 0.1) is 5.52 Å². The molecule has 4 heteroatoms. The topological polar surface area (TPSA) is 30.7 Å². The Kier molecular flexibility index (Phi) is 3.32. The van der Waals surface area contributed by atoms with Gasteiger partial charge in [-0.1, -0.05) is 66.7 Å². The van der Waals surface area contributed by atoms with Crippen LogP contribution in [-0.4, -0.2) is 19.8 Å². The maximum Gasteiger partial charge on any atom is 0.234 e. The fourth-order valence-corrected chi connectivity index (χ4v) is 6.54. The zero-order valence-electron chi connectivity index (χ0n) is 16.1. The van der Waals surface area contributed by atoms with E-state index in [-0.39, 0.29) is 5.92 Å². The van der Waals surface area contributed by atoms with Gasteiger partial charge in [0.15, 0.2) is 0 Å². The van der Waals surface area contributed by atoms with E-state index in [0.717, 1.165) is 5.95 Å². The molecule has 2 aliphatic rings. The van der Waals surface area contributed by atoms with Crippen molar-refractivity contribution in [1.29, 1.82) is 0 Å². The highest BCUT2D eigenvalue weighted by atomic mass is 32.2. The van der Waals surface area contributed by atoms with Crippen LogP contribution in [0.15, 0.2) is 90.1 Å². The molecule has 2 atom stereocenters. The Bertz CT molecular complexity index is 1480. The Morgan fingerprint density at radius 3 is 2.50 bits per heavy atom. The smallest absolute Gasteiger partial charge is 0.234 e. The summed E-state index contributed by atoms with van der Waals surface area (Å²) in [4.78, 5) is 10.6. The third-order valence-electron chi connectivity index (χ3n) is 6.28. The molecule has 5 aromatic rings. The van der Waals surface area contributed by atoms with Crippen LogP contribution in [0.4, 0.5) is 0 Å². The average molecular weight is 404 g/mol. The Hall–Kier alpha value is -3.37. The van der Waals surface area contributed by atoms with Crippen LogP contribution >= 0.6 is 11.8 Å². The fourth-order valence-electron chi connectivity index (χ4n) is 5.05. The second-order valence-electron chi connectivity index (χ2n) is 7.82. The largest absolute Gasteiger partial charge is 0.281 e. The molecule has 0 fully saturated rings. The summed E-state index contributed by atoms with van der Waals surface area (Å²) in [6.45, 7) is 0. The van der Waals surface area contributed by atoms with E-state index in [1.54, 1.807) is 0 Å². The molecule has 3 aromatic carbocycles. The number of aromatic nitrogens is 3. The first-order valence-electron chi connectivity index (χ1n) is 10.2. The molecule has 142 valence electrons. The van der Waals surface area contributed by atoms with E-state index >= 15 is 0 Å². The van der Waals surface area contributed by atoms with Crippen molar-refractivity contribution in [3.63, 3.8) is 0 Å². The molecular weight excluding hydrogens is 386 g/mol. The zero-order chi connectivity index (χ0) is 19.7. The van der Waals surface area contributed by atoms with Crippen LogP contribution in [-0.2, 0) is 0 Å². The minimum Gasteiger partial charge on any atom is -0.281 e. The molecule has 0 N–H and O–H groups in total. The molecule has 3 heterocycles. The number of rotatable bonds is 1. The lowest BCUT2D eigenvalue weighted by atomic mass is 9.85. The van der Waals surface area contributed by atoms with Crippen molar-refractivity contribution in [2.24, 2.45) is 0 Å². The van der Waals surface area contributed by atoms with Crippen LogP contribution in [0.1, 0.15) is 22.7 Å². The van der Waals surface area contributed by atoms with Gasteiger partial charge in [-0.3, -0.25) is 4.57 Å². The lowest BCUT2D eigenvalue weighted by molar-refractivity contribution is 0.766. The zero-order valence-corrected chi connectivity index (χ0v) is 16.9. The Balaban J connectivity index is 1.58. The summed E-state index contributed by atoms with van der Waals surface area (Å²) in [7, 11) is 0. The summed E-state index contributed by atoms with van der Waals surface area (Å²) < 4.78 is 2.27. The third-order valence-corrected chi connectivity index (χ3v) is 7.67. The second kappa shape index (κ2) is 6.07. The van der Waals surface area contributed by atoms with E-state index in [2.05, 4.69) is 87.4 Å². The van der Waals surface area contributed by atoms with Crippen LogP contribution in [0.3, 0.4) is 0 Å². The number of fused-ring (bicyclic) bond motifs is 9. The monoisotopic (exact) mass is 403 g/mol. The number of benzene rings is 3. The van der Waals surface area contributed by atoms with Crippen LogP contribution in [0.2, 0.25) is 0 Å². The first-order chi connectivity index (χ1) is 14.9. The van der Waals surface area contributed by atoms with Crippen molar-refractivity contribution in [2.75, 3.05) is 0 Å². The molecule has 0 spiro atoms. The van der Waals surface area contributed by atoms with E-state index in [4.69, 9.17) is 0 Å². The molecule has 3 nitrogen and oxygen atoms in total. The number of hydrogen-bond acceptors (Lipinski definition) is 3. The van der Waals surface area contributed by atoms with E-state index in [1.807, 2.05) is 30.2 Å². The highest BCUT2D eigenvalue weighted by molar-refractivity contribution is 8.00. The molecule has 0 saturated heterocycles. The molecule has 2 aromatic heterocycles. The normalized spacial score (nSPS) is 19.1. The standard InChI is InChI=1S/C26H17N3S/c1-2-7-17-16(6-1)10-11-20-23-22(30-25(17)20)13-12-19-18-8-3-4-9-21(18)29(24(19)23)26-27-14-5-15-28-26/h1-15,22-23H. The number of hydrogen-bond donors (Lipinski definition) is 0. The summed E-state index contributed by atoms with van der Waals surface area (Å²) in [6, 6.07) is 23.8. The van der Waals surface area contributed by atoms with Crippen molar-refractivity contribution in [3.8, 4) is 5.95 Å². The van der Waals surface area contributed by atoms with Gasteiger partial charge in [0.2, 0.25) is 5.95 Å². The maximum absolute atomic E-state index is 4.62. The van der Waals surface area contributed by atoms with Gasteiger partial charge < -0.3 is 0 Å². The van der Waals surface area contributed by atoms with Crippen molar-refractivity contribution in [3.05, 3.63) is 102 Å². The van der Waals surface area contributed by atoms with Crippen LogP contribution in [0, 0.1) is 0 Å². The first-order valence-corrected chi connectivity index (χ1v) is 11.1. The second-order valence-corrected chi connectivity index (χ2v) is 9.01. The predicted molar refractivity (Wildman–Crippen MR) is 123 cm³/mol. The summed E-state index contributed by atoms with van der Waals surface area (Å²) in [5.74, 6) is 1.02. The quantitative estimate of drug-likeness (QED) is 0.333. The third kappa shape index (κ3) is 2.12. The van der Waals surface area contributed by atoms with Gasteiger partial charge in [-0.2, -0.15) is 0 Å². The van der Waals surface area contributed by atoms with Gasteiger partial charge in [-0.25, -0.2) is 9.97 Å². The predicted octanol–water partition coefficient (Wildman–Crippen LogP) is 6.21. The minimum absolute atomic E-state index is 0.283. The lowest BCUT2D eigenvalue weighted by Crippen LogP contribution is -2.18. The van der Waals surface area contributed by atoms with Crippen molar-refractivity contribution < 1.29 is 0 Å². The van der Waals surface area contributed by atoms with Gasteiger partial charge in [0, 0.05) is 45.1 Å². The summed E-state index contributed by atoms with van der Waals surface area (Å²) in [6.07, 6.45) is 8.34. The summed E-state index contributed by atoms with van der Waals surface area (Å²) in [5.41, 5.74) is 5.17. The Labute approximate surface area is 178 Å². The van der Waals surface area contributed by atoms with Crippen molar-refractivity contribution in [2.45, 2.75) is 16.1 Å². The molecule has 0 saturated carbocycles.